The number of benzene rings is 1. The zero-order chi connectivity index (χ0) is 13.9. The molecule has 0 aliphatic rings. The first-order chi connectivity index (χ1) is 8.24. The molecule has 0 saturated heterocycles. The summed E-state index contributed by atoms with van der Waals surface area (Å²) in [5.41, 5.74) is 0.384. The summed E-state index contributed by atoms with van der Waals surface area (Å²) in [5.74, 6) is 0. The first-order valence-corrected chi connectivity index (χ1v) is 5.65. The molecule has 0 bridgehead atoms. The van der Waals surface area contributed by atoms with E-state index in [-0.39, 0.29) is 11.3 Å². The number of halogens is 4. The van der Waals surface area contributed by atoms with Crippen LogP contribution >= 0.6 is 11.6 Å². The van der Waals surface area contributed by atoms with Gasteiger partial charge in [-0.1, -0.05) is 11.6 Å². The average molecular weight is 277 g/mol. The fraction of sp³-hybridized carbons (Fsp3) is 0.417. The minimum absolute atomic E-state index is 0.178. The van der Waals surface area contributed by atoms with E-state index in [0.29, 0.717) is 5.02 Å². The van der Waals surface area contributed by atoms with Gasteiger partial charge in [-0.3, -0.25) is 0 Å². The Hall–Kier alpha value is -1.41. The van der Waals surface area contributed by atoms with E-state index in [0.717, 1.165) is 4.90 Å². The zero-order valence-corrected chi connectivity index (χ0v) is 10.7. The highest BCUT2D eigenvalue weighted by molar-refractivity contribution is 6.30. The van der Waals surface area contributed by atoms with Crippen LogP contribution in [0.5, 0.6) is 0 Å². The Morgan fingerprint density at radius 1 is 1.39 bits per heavy atom. The molecule has 98 valence electrons. The van der Waals surface area contributed by atoms with Crippen molar-refractivity contribution < 1.29 is 13.2 Å². The first kappa shape index (κ1) is 14.7. The quantitative estimate of drug-likeness (QED) is 0.835. The summed E-state index contributed by atoms with van der Waals surface area (Å²) < 4.78 is 37.6. The van der Waals surface area contributed by atoms with Gasteiger partial charge >= 0.3 is 6.18 Å². The van der Waals surface area contributed by atoms with Crippen molar-refractivity contribution in [1.29, 1.82) is 5.26 Å². The fourth-order valence-electron chi connectivity index (χ4n) is 1.58. The summed E-state index contributed by atoms with van der Waals surface area (Å²) in [6.45, 7) is 2.15. The summed E-state index contributed by atoms with van der Waals surface area (Å²) in [7, 11) is 0. The molecule has 0 unspecified atom stereocenters. The molecule has 6 heteroatoms. The standard InChI is InChI=1S/C12H12ClF3N2/c1-8(2)18(7-12(14,15)16)11-5-10(13)4-3-9(11)6-17/h3-5,8H,7H2,1-2H3. The van der Waals surface area contributed by atoms with Gasteiger partial charge in [0.1, 0.15) is 12.6 Å². The topological polar surface area (TPSA) is 27.0 Å². The van der Waals surface area contributed by atoms with Gasteiger partial charge in [-0.05, 0) is 32.0 Å². The molecule has 0 atom stereocenters. The zero-order valence-electron chi connectivity index (χ0n) is 9.92. The van der Waals surface area contributed by atoms with Crippen LogP contribution in [0, 0.1) is 11.3 Å². The predicted molar refractivity (Wildman–Crippen MR) is 64.7 cm³/mol. The third-order valence-corrected chi connectivity index (χ3v) is 2.60. The van der Waals surface area contributed by atoms with Crippen LogP contribution < -0.4 is 4.90 Å². The van der Waals surface area contributed by atoms with Gasteiger partial charge < -0.3 is 4.90 Å². The maximum absolute atomic E-state index is 12.5. The van der Waals surface area contributed by atoms with Crippen LogP contribution in [0.1, 0.15) is 19.4 Å². The van der Waals surface area contributed by atoms with Crippen LogP contribution in [0.4, 0.5) is 18.9 Å². The maximum Gasteiger partial charge on any atom is 0.405 e. The molecule has 1 rings (SSSR count). The van der Waals surface area contributed by atoms with E-state index in [2.05, 4.69) is 0 Å². The van der Waals surface area contributed by atoms with Crippen LogP contribution in [0.25, 0.3) is 0 Å². The summed E-state index contributed by atoms with van der Waals surface area (Å²) >= 11 is 5.78. The van der Waals surface area contributed by atoms with E-state index in [1.165, 1.54) is 18.2 Å². The number of anilines is 1. The van der Waals surface area contributed by atoms with E-state index in [4.69, 9.17) is 16.9 Å². The fourth-order valence-corrected chi connectivity index (χ4v) is 1.74. The molecular formula is C12H12ClF3N2. The molecule has 18 heavy (non-hydrogen) atoms. The molecule has 0 amide bonds. The molecule has 2 nitrogen and oxygen atoms in total. The summed E-state index contributed by atoms with van der Waals surface area (Å²) in [6.07, 6.45) is -4.33. The molecule has 0 aromatic heterocycles. The number of alkyl halides is 3. The van der Waals surface area contributed by atoms with Gasteiger partial charge in [0.2, 0.25) is 0 Å². The molecule has 0 N–H and O–H groups in total. The second-order valence-electron chi connectivity index (χ2n) is 4.11. The highest BCUT2D eigenvalue weighted by atomic mass is 35.5. The number of hydrogen-bond acceptors (Lipinski definition) is 2. The van der Waals surface area contributed by atoms with Gasteiger partial charge in [0.15, 0.2) is 0 Å². The summed E-state index contributed by atoms with van der Waals surface area (Å²) in [4.78, 5) is 1.12. The lowest BCUT2D eigenvalue weighted by Crippen LogP contribution is -2.39. The molecule has 1 aromatic rings. The van der Waals surface area contributed by atoms with E-state index >= 15 is 0 Å². The van der Waals surface area contributed by atoms with Crippen molar-refractivity contribution in [2.24, 2.45) is 0 Å². The van der Waals surface area contributed by atoms with Crippen LogP contribution in [0.2, 0.25) is 5.02 Å². The Morgan fingerprint density at radius 2 is 2.00 bits per heavy atom. The van der Waals surface area contributed by atoms with Crippen LogP contribution in [-0.4, -0.2) is 18.8 Å². The van der Waals surface area contributed by atoms with Gasteiger partial charge in [-0.25, -0.2) is 0 Å². The Bertz CT molecular complexity index is 463. The molecule has 0 radical (unpaired) electrons. The third-order valence-electron chi connectivity index (χ3n) is 2.36. The summed E-state index contributed by atoms with van der Waals surface area (Å²) in [6, 6.07) is 5.77. The van der Waals surface area contributed by atoms with Gasteiger partial charge in [-0.2, -0.15) is 18.4 Å². The minimum atomic E-state index is -4.33. The Labute approximate surface area is 109 Å². The molecule has 1 aromatic carbocycles. The van der Waals surface area contributed by atoms with Crippen LogP contribution in [-0.2, 0) is 0 Å². The SMILES string of the molecule is CC(C)N(CC(F)(F)F)c1cc(Cl)ccc1C#N. The Morgan fingerprint density at radius 3 is 2.44 bits per heavy atom. The molecule has 0 saturated carbocycles. The number of nitriles is 1. The van der Waals surface area contributed by atoms with Crippen molar-refractivity contribution in [2.75, 3.05) is 11.4 Å². The first-order valence-electron chi connectivity index (χ1n) is 5.27. The van der Waals surface area contributed by atoms with Crippen molar-refractivity contribution in [3.63, 3.8) is 0 Å². The Kier molecular flexibility index (Phi) is 4.47. The van der Waals surface area contributed by atoms with Crippen molar-refractivity contribution >= 4 is 17.3 Å². The molecule has 0 aliphatic carbocycles. The van der Waals surface area contributed by atoms with Gasteiger partial charge in [-0.15, -0.1) is 0 Å². The highest BCUT2D eigenvalue weighted by Crippen LogP contribution is 2.29. The second kappa shape index (κ2) is 5.49. The van der Waals surface area contributed by atoms with Gasteiger partial charge in [0, 0.05) is 11.1 Å². The van der Waals surface area contributed by atoms with Gasteiger partial charge in [0.25, 0.3) is 0 Å². The lowest BCUT2D eigenvalue weighted by atomic mass is 10.1. The van der Waals surface area contributed by atoms with Crippen molar-refractivity contribution in [3.8, 4) is 6.07 Å². The third kappa shape index (κ3) is 3.81. The Balaban J connectivity index is 3.22. The van der Waals surface area contributed by atoms with E-state index in [1.54, 1.807) is 13.8 Å². The molecule has 0 heterocycles. The largest absolute Gasteiger partial charge is 0.405 e. The van der Waals surface area contributed by atoms with E-state index in [9.17, 15) is 13.2 Å². The van der Waals surface area contributed by atoms with E-state index < -0.39 is 18.8 Å². The van der Waals surface area contributed by atoms with Crippen molar-refractivity contribution in [2.45, 2.75) is 26.1 Å². The molecular weight excluding hydrogens is 265 g/mol. The highest BCUT2D eigenvalue weighted by Gasteiger charge is 2.32. The molecule has 0 fully saturated rings. The van der Waals surface area contributed by atoms with E-state index in [1.807, 2.05) is 6.07 Å². The monoisotopic (exact) mass is 276 g/mol. The van der Waals surface area contributed by atoms with Gasteiger partial charge in [0.05, 0.1) is 11.3 Å². The normalized spacial score (nSPS) is 11.4. The van der Waals surface area contributed by atoms with Crippen molar-refractivity contribution in [1.82, 2.24) is 0 Å². The van der Waals surface area contributed by atoms with Crippen molar-refractivity contribution in [3.05, 3.63) is 28.8 Å². The van der Waals surface area contributed by atoms with Crippen LogP contribution in [0.15, 0.2) is 18.2 Å². The molecule has 0 spiro atoms. The minimum Gasteiger partial charge on any atom is -0.359 e. The predicted octanol–water partition coefficient (Wildman–Crippen LogP) is 3.99. The number of hydrogen-bond donors (Lipinski definition) is 0. The smallest absolute Gasteiger partial charge is 0.359 e. The van der Waals surface area contributed by atoms with Crippen LogP contribution in [0.3, 0.4) is 0 Å². The number of rotatable bonds is 3. The lowest BCUT2D eigenvalue weighted by Gasteiger charge is -2.30. The lowest BCUT2D eigenvalue weighted by molar-refractivity contribution is -0.120. The summed E-state index contributed by atoms with van der Waals surface area (Å²) in [5, 5.41) is 9.24. The molecule has 0 aliphatic heterocycles. The second-order valence-corrected chi connectivity index (χ2v) is 4.55. The number of nitrogens with zero attached hydrogens (tertiary/aromatic N) is 2. The maximum atomic E-state index is 12.5. The average Bonchev–Trinajstić information content (AvgIpc) is 2.24.